The van der Waals surface area contributed by atoms with Gasteiger partial charge in [-0.3, -0.25) is 14.6 Å². The third-order valence-electron chi connectivity index (χ3n) is 4.29. The average Bonchev–Trinajstić information content (AvgIpc) is 2.67. The molecule has 0 unspecified atom stereocenters. The predicted molar refractivity (Wildman–Crippen MR) is 126 cm³/mol. The Morgan fingerprint density at radius 2 is 1.94 bits per heavy atom. The number of nitrogens with zero attached hydrogens (tertiary/aromatic N) is 2. The van der Waals surface area contributed by atoms with Crippen molar-refractivity contribution in [1.29, 1.82) is 0 Å². The van der Waals surface area contributed by atoms with Crippen molar-refractivity contribution in [2.45, 2.75) is 40.7 Å². The number of rotatable bonds is 7. The number of hydrazine groups is 1. The lowest BCUT2D eigenvalue weighted by molar-refractivity contribution is -0.113. The van der Waals surface area contributed by atoms with Gasteiger partial charge in [0.2, 0.25) is 0 Å². The molecule has 8 heteroatoms. The van der Waals surface area contributed by atoms with E-state index in [1.165, 1.54) is 11.1 Å². The van der Waals surface area contributed by atoms with Gasteiger partial charge < -0.3 is 10.6 Å². The van der Waals surface area contributed by atoms with Crippen molar-refractivity contribution in [1.82, 2.24) is 10.3 Å². The highest BCUT2D eigenvalue weighted by atomic mass is 35.5. The minimum atomic E-state index is -0.514. The highest BCUT2D eigenvalue weighted by Gasteiger charge is 2.23. The SMILES string of the molecule is C=C(C)/C=C(/C(=O)Nc1c(C)cc(Cl)cc1C(=O)NC(C)C)N(N)c1ncccc1C. The molecule has 4 N–H and O–H groups in total. The zero-order chi connectivity index (χ0) is 23.3. The van der Waals surface area contributed by atoms with E-state index in [4.69, 9.17) is 17.4 Å². The summed E-state index contributed by atoms with van der Waals surface area (Å²) in [5, 5.41) is 7.24. The highest BCUT2D eigenvalue weighted by Crippen LogP contribution is 2.27. The van der Waals surface area contributed by atoms with Crippen molar-refractivity contribution in [3.63, 3.8) is 0 Å². The number of aryl methyl sites for hydroxylation is 2. The first-order valence-corrected chi connectivity index (χ1v) is 10.1. The number of anilines is 2. The number of carbonyl (C=O) groups is 2. The smallest absolute Gasteiger partial charge is 0.273 e. The number of carbonyl (C=O) groups excluding carboxylic acids is 2. The summed E-state index contributed by atoms with van der Waals surface area (Å²) in [6.45, 7) is 12.9. The molecule has 0 saturated carbocycles. The number of benzene rings is 1. The molecule has 2 rings (SSSR count). The van der Waals surface area contributed by atoms with E-state index >= 15 is 0 Å². The number of allylic oxidation sites excluding steroid dienone is 2. The van der Waals surface area contributed by atoms with E-state index < -0.39 is 5.91 Å². The van der Waals surface area contributed by atoms with Crippen LogP contribution >= 0.6 is 11.6 Å². The molecule has 2 amide bonds. The first-order valence-electron chi connectivity index (χ1n) is 9.77. The predicted octanol–water partition coefficient (Wildman–Crippen LogP) is 4.27. The quantitative estimate of drug-likeness (QED) is 0.258. The van der Waals surface area contributed by atoms with Gasteiger partial charge in [0.15, 0.2) is 0 Å². The molecule has 0 aliphatic heterocycles. The zero-order valence-corrected chi connectivity index (χ0v) is 19.2. The molecular weight excluding hydrogens is 414 g/mol. The van der Waals surface area contributed by atoms with Gasteiger partial charge in [0, 0.05) is 17.3 Å². The molecule has 1 aromatic carbocycles. The molecule has 0 fully saturated rings. The Bertz CT molecular complexity index is 1050. The van der Waals surface area contributed by atoms with E-state index in [1.807, 2.05) is 26.8 Å². The fourth-order valence-corrected chi connectivity index (χ4v) is 3.20. The summed E-state index contributed by atoms with van der Waals surface area (Å²) in [6, 6.07) is 6.74. The summed E-state index contributed by atoms with van der Waals surface area (Å²) >= 11 is 6.17. The van der Waals surface area contributed by atoms with Gasteiger partial charge in [0.25, 0.3) is 11.8 Å². The average molecular weight is 442 g/mol. The van der Waals surface area contributed by atoms with E-state index in [9.17, 15) is 9.59 Å². The highest BCUT2D eigenvalue weighted by molar-refractivity contribution is 6.31. The number of aromatic nitrogens is 1. The van der Waals surface area contributed by atoms with Crippen LogP contribution in [0, 0.1) is 13.8 Å². The number of amides is 2. The molecule has 0 saturated heterocycles. The summed E-state index contributed by atoms with van der Waals surface area (Å²) in [5.41, 5.74) is 2.80. The van der Waals surface area contributed by atoms with Crippen molar-refractivity contribution in [3.05, 3.63) is 76.1 Å². The minimum Gasteiger partial charge on any atom is -0.350 e. The summed E-state index contributed by atoms with van der Waals surface area (Å²) in [5.74, 6) is 5.84. The molecule has 0 aliphatic rings. The first kappa shape index (κ1) is 24.1. The van der Waals surface area contributed by atoms with Crippen molar-refractivity contribution < 1.29 is 9.59 Å². The molecule has 0 spiro atoms. The number of nitrogens with two attached hydrogens (primary N) is 1. The van der Waals surface area contributed by atoms with Gasteiger partial charge >= 0.3 is 0 Å². The van der Waals surface area contributed by atoms with Crippen molar-refractivity contribution in [3.8, 4) is 0 Å². The maximum atomic E-state index is 13.3. The van der Waals surface area contributed by atoms with Crippen LogP contribution in [0.25, 0.3) is 0 Å². The van der Waals surface area contributed by atoms with Crippen molar-refractivity contribution in [2.75, 3.05) is 10.3 Å². The Kier molecular flexibility index (Phi) is 7.96. The summed E-state index contributed by atoms with van der Waals surface area (Å²) in [4.78, 5) is 30.3. The van der Waals surface area contributed by atoms with Gasteiger partial charge in [-0.2, -0.15) is 0 Å². The molecule has 7 nitrogen and oxygen atoms in total. The molecule has 0 atom stereocenters. The second kappa shape index (κ2) is 10.2. The number of nitrogens with one attached hydrogen (secondary N) is 2. The van der Waals surface area contributed by atoms with E-state index in [2.05, 4.69) is 22.2 Å². The fourth-order valence-electron chi connectivity index (χ4n) is 2.93. The maximum absolute atomic E-state index is 13.3. The number of hydrogen-bond acceptors (Lipinski definition) is 5. The monoisotopic (exact) mass is 441 g/mol. The third kappa shape index (κ3) is 6.16. The zero-order valence-electron chi connectivity index (χ0n) is 18.4. The normalized spacial score (nSPS) is 11.3. The minimum absolute atomic E-state index is 0.0825. The summed E-state index contributed by atoms with van der Waals surface area (Å²) < 4.78 is 0. The molecule has 2 aromatic rings. The Morgan fingerprint density at radius 3 is 2.52 bits per heavy atom. The maximum Gasteiger partial charge on any atom is 0.273 e. The molecule has 0 aliphatic carbocycles. The van der Waals surface area contributed by atoms with Crippen LogP contribution in [0.5, 0.6) is 0 Å². The van der Waals surface area contributed by atoms with Crippen LogP contribution in [0.3, 0.4) is 0 Å². The first-order chi connectivity index (χ1) is 14.5. The van der Waals surface area contributed by atoms with Gasteiger partial charge in [0.1, 0.15) is 11.5 Å². The second-order valence-electron chi connectivity index (χ2n) is 7.62. The molecule has 1 aromatic heterocycles. The van der Waals surface area contributed by atoms with Crippen LogP contribution in [-0.4, -0.2) is 22.8 Å². The second-order valence-corrected chi connectivity index (χ2v) is 8.05. The Morgan fingerprint density at radius 1 is 1.26 bits per heavy atom. The number of halogens is 1. The van der Waals surface area contributed by atoms with Crippen LogP contribution in [0.4, 0.5) is 11.5 Å². The molecule has 0 bridgehead atoms. The number of pyridine rings is 1. The topological polar surface area (TPSA) is 100 Å². The molecule has 0 radical (unpaired) electrons. The van der Waals surface area contributed by atoms with E-state index in [0.717, 1.165) is 5.56 Å². The molecule has 164 valence electrons. The van der Waals surface area contributed by atoms with Crippen LogP contribution in [0.1, 0.15) is 42.3 Å². The fraction of sp³-hybridized carbons (Fsp3) is 0.261. The molecule has 1 heterocycles. The van der Waals surface area contributed by atoms with Crippen LogP contribution in [-0.2, 0) is 4.79 Å². The van der Waals surface area contributed by atoms with Crippen LogP contribution in [0.2, 0.25) is 5.02 Å². The Labute approximate surface area is 188 Å². The van der Waals surface area contributed by atoms with Gasteiger partial charge in [0.05, 0.1) is 11.3 Å². The van der Waals surface area contributed by atoms with Crippen LogP contribution < -0.4 is 21.5 Å². The molecule has 31 heavy (non-hydrogen) atoms. The van der Waals surface area contributed by atoms with Gasteiger partial charge in [-0.05, 0) is 70.0 Å². The summed E-state index contributed by atoms with van der Waals surface area (Å²) in [7, 11) is 0. The van der Waals surface area contributed by atoms with Crippen molar-refractivity contribution in [2.24, 2.45) is 5.84 Å². The Hall–Kier alpha value is -3.16. The van der Waals surface area contributed by atoms with Gasteiger partial charge in [-0.1, -0.05) is 29.8 Å². The van der Waals surface area contributed by atoms with Gasteiger partial charge in [-0.25, -0.2) is 10.8 Å². The Balaban J connectivity index is 2.48. The largest absolute Gasteiger partial charge is 0.350 e. The van der Waals surface area contributed by atoms with E-state index in [1.54, 1.807) is 38.3 Å². The molecular formula is C23H28ClN5O2. The van der Waals surface area contributed by atoms with Crippen molar-refractivity contribution >= 4 is 34.9 Å². The lowest BCUT2D eigenvalue weighted by Gasteiger charge is -2.23. The van der Waals surface area contributed by atoms with Gasteiger partial charge in [-0.15, -0.1) is 0 Å². The van der Waals surface area contributed by atoms with E-state index in [-0.39, 0.29) is 23.2 Å². The number of hydrogen-bond donors (Lipinski definition) is 3. The summed E-state index contributed by atoms with van der Waals surface area (Å²) in [6.07, 6.45) is 3.15. The lowest BCUT2D eigenvalue weighted by atomic mass is 10.1. The standard InChI is InChI=1S/C23H28ClN5O2/c1-13(2)10-19(29(25)21-15(5)8-7-9-26-21)23(31)28-20-16(6)11-17(24)12-18(20)22(30)27-14(3)4/h7-12,14H,1,25H2,2-6H3,(H,27,30)(H,28,31)/b19-10-. The third-order valence-corrected chi connectivity index (χ3v) is 4.51. The van der Waals surface area contributed by atoms with Crippen LogP contribution in [0.15, 0.2) is 54.4 Å². The van der Waals surface area contributed by atoms with E-state index in [0.29, 0.717) is 27.7 Å². The lowest BCUT2D eigenvalue weighted by Crippen LogP contribution is -2.38.